The van der Waals surface area contributed by atoms with Gasteiger partial charge in [0.15, 0.2) is 0 Å². The van der Waals surface area contributed by atoms with Gasteiger partial charge in [-0.1, -0.05) is 31.9 Å². The molecule has 0 N–H and O–H groups in total. The predicted molar refractivity (Wildman–Crippen MR) is 30.0 cm³/mol. The van der Waals surface area contributed by atoms with Crippen LogP contribution in [-0.2, 0) is 0 Å². The molecule has 0 heterocycles. The molecule has 0 fully saturated rings. The second kappa shape index (κ2) is 8.87. The zero-order valence-electron chi connectivity index (χ0n) is 1.87. The molecular weight excluding hydrogens is 207 g/mol. The van der Waals surface area contributed by atoms with Crippen LogP contribution < -0.4 is 0 Å². The average Bonchev–Trinajstić information content (AvgIpc) is 0.918. The SMILES string of the molecule is BrCBr.Cl. The van der Waals surface area contributed by atoms with Crippen LogP contribution in [0.1, 0.15) is 0 Å². The van der Waals surface area contributed by atoms with Gasteiger partial charge in [0.25, 0.3) is 0 Å². The van der Waals surface area contributed by atoms with Crippen LogP contribution in [0.15, 0.2) is 0 Å². The van der Waals surface area contributed by atoms with Crippen LogP contribution in [0.3, 0.4) is 0 Å². The summed E-state index contributed by atoms with van der Waals surface area (Å²) in [5.74, 6) is 0. The minimum Gasteiger partial charge on any atom is -0.147 e. The van der Waals surface area contributed by atoms with Crippen molar-refractivity contribution in [3.8, 4) is 0 Å². The molecule has 0 aliphatic rings. The van der Waals surface area contributed by atoms with Crippen molar-refractivity contribution in [2.75, 3.05) is 4.24 Å². The maximum Gasteiger partial charge on any atom is 0.0588 e. The molecule has 0 saturated carbocycles. The Morgan fingerprint density at radius 2 is 1.25 bits per heavy atom. The van der Waals surface area contributed by atoms with Crippen molar-refractivity contribution < 1.29 is 0 Å². The molecule has 0 unspecified atom stereocenters. The van der Waals surface area contributed by atoms with E-state index >= 15 is 0 Å². The summed E-state index contributed by atoms with van der Waals surface area (Å²) in [6.07, 6.45) is 0. The Kier molecular flexibility index (Phi) is 19.9. The fraction of sp³-hybridized carbons (Fsp3) is 1.00. The predicted octanol–water partition coefficient (Wildman–Crippen LogP) is 2.16. The summed E-state index contributed by atoms with van der Waals surface area (Å²) in [6.45, 7) is 0. The molecule has 0 aliphatic heterocycles. The molecular formula is CH3Br2Cl. The third-order valence-electron chi connectivity index (χ3n) is 0. The smallest absolute Gasteiger partial charge is 0.0588 e. The first-order chi connectivity index (χ1) is 1.41. The van der Waals surface area contributed by atoms with Gasteiger partial charge in [-0.2, -0.15) is 0 Å². The largest absolute Gasteiger partial charge is 0.147 e. The lowest BCUT2D eigenvalue weighted by atomic mass is 12.0. The molecule has 3 heteroatoms. The van der Waals surface area contributed by atoms with Crippen LogP contribution in [0, 0.1) is 0 Å². The first-order valence-electron chi connectivity index (χ1n) is 0.535. The number of halogens is 3. The van der Waals surface area contributed by atoms with E-state index in [0.717, 1.165) is 4.24 Å². The van der Waals surface area contributed by atoms with Crippen LogP contribution in [0.5, 0.6) is 0 Å². The zero-order chi connectivity index (χ0) is 2.71. The van der Waals surface area contributed by atoms with E-state index in [4.69, 9.17) is 0 Å². The quantitative estimate of drug-likeness (QED) is 0.537. The summed E-state index contributed by atoms with van der Waals surface area (Å²) in [4.78, 5) is 0. The summed E-state index contributed by atoms with van der Waals surface area (Å²) >= 11 is 6.12. The normalized spacial score (nSPS) is 4.50. The Labute approximate surface area is 48.6 Å². The van der Waals surface area contributed by atoms with Crippen LogP contribution in [0.4, 0.5) is 0 Å². The first-order valence-corrected chi connectivity index (χ1v) is 2.78. The fourth-order valence-electron chi connectivity index (χ4n) is 0. The maximum atomic E-state index is 3.06. The van der Waals surface area contributed by atoms with Crippen molar-refractivity contribution >= 4 is 44.3 Å². The highest BCUT2D eigenvalue weighted by atomic mass is 79.9. The third kappa shape index (κ3) is 10.5. The van der Waals surface area contributed by atoms with Crippen molar-refractivity contribution in [1.29, 1.82) is 0 Å². The van der Waals surface area contributed by atoms with Crippen molar-refractivity contribution in [2.45, 2.75) is 0 Å². The number of hydrogen-bond acceptors (Lipinski definition) is 0. The minimum atomic E-state index is 0. The van der Waals surface area contributed by atoms with Crippen LogP contribution in [0.25, 0.3) is 0 Å². The molecule has 0 nitrogen and oxygen atoms in total. The topological polar surface area (TPSA) is 0 Å². The van der Waals surface area contributed by atoms with Crippen molar-refractivity contribution in [3.05, 3.63) is 0 Å². The van der Waals surface area contributed by atoms with Gasteiger partial charge in [-0.25, -0.2) is 0 Å². The number of alkyl halides is 2. The van der Waals surface area contributed by atoms with Crippen molar-refractivity contribution in [2.24, 2.45) is 0 Å². The summed E-state index contributed by atoms with van der Waals surface area (Å²) in [6, 6.07) is 0. The molecule has 0 aromatic heterocycles. The lowest BCUT2D eigenvalue weighted by molar-refractivity contribution is 2.44. The Balaban J connectivity index is 0. The van der Waals surface area contributed by atoms with Gasteiger partial charge >= 0.3 is 0 Å². The lowest BCUT2D eigenvalue weighted by Gasteiger charge is -1.43. The molecule has 28 valence electrons. The van der Waals surface area contributed by atoms with Gasteiger partial charge in [0, 0.05) is 0 Å². The van der Waals surface area contributed by atoms with E-state index < -0.39 is 0 Å². The number of rotatable bonds is 0. The monoisotopic (exact) mass is 208 g/mol. The van der Waals surface area contributed by atoms with Gasteiger partial charge in [0.2, 0.25) is 0 Å². The van der Waals surface area contributed by atoms with E-state index in [-0.39, 0.29) is 12.4 Å². The Hall–Kier alpha value is 1.25. The minimum absolute atomic E-state index is 0. The zero-order valence-corrected chi connectivity index (χ0v) is 5.86. The first kappa shape index (κ1) is 8.98. The summed E-state index contributed by atoms with van der Waals surface area (Å²) in [5.41, 5.74) is 0. The van der Waals surface area contributed by atoms with Crippen LogP contribution >= 0.6 is 44.3 Å². The molecule has 0 aliphatic carbocycles. The van der Waals surface area contributed by atoms with Gasteiger partial charge in [0.1, 0.15) is 0 Å². The molecule has 0 rings (SSSR count). The lowest BCUT2D eigenvalue weighted by Crippen LogP contribution is -1.19. The highest BCUT2D eigenvalue weighted by Crippen LogP contribution is 1.83. The van der Waals surface area contributed by atoms with Crippen molar-refractivity contribution in [3.63, 3.8) is 0 Å². The van der Waals surface area contributed by atoms with Gasteiger partial charge in [-0.15, -0.1) is 12.4 Å². The standard InChI is InChI=1S/CH2Br2.ClH/c2-1-3;/h1H2;1H. The molecule has 0 spiro atoms. The highest BCUT2D eigenvalue weighted by molar-refractivity contribution is 9.24. The molecule has 0 bridgehead atoms. The Morgan fingerprint density at radius 3 is 1.25 bits per heavy atom. The maximum absolute atomic E-state index is 3.06. The van der Waals surface area contributed by atoms with E-state index in [1.54, 1.807) is 0 Å². The molecule has 0 atom stereocenters. The van der Waals surface area contributed by atoms with Gasteiger partial charge in [0.05, 0.1) is 4.24 Å². The van der Waals surface area contributed by atoms with E-state index in [9.17, 15) is 0 Å². The summed E-state index contributed by atoms with van der Waals surface area (Å²) in [7, 11) is 0. The van der Waals surface area contributed by atoms with E-state index in [2.05, 4.69) is 31.9 Å². The van der Waals surface area contributed by atoms with E-state index in [1.807, 2.05) is 0 Å². The van der Waals surface area contributed by atoms with Crippen LogP contribution in [-0.4, -0.2) is 4.24 Å². The molecule has 0 radical (unpaired) electrons. The van der Waals surface area contributed by atoms with Gasteiger partial charge < -0.3 is 0 Å². The molecule has 0 saturated heterocycles. The van der Waals surface area contributed by atoms with E-state index in [0.29, 0.717) is 0 Å². The number of hydrogen-bond donors (Lipinski definition) is 0. The molecule has 0 amide bonds. The van der Waals surface area contributed by atoms with Crippen LogP contribution in [0.2, 0.25) is 0 Å². The van der Waals surface area contributed by atoms with Crippen molar-refractivity contribution in [1.82, 2.24) is 0 Å². The third-order valence-corrected chi connectivity index (χ3v) is 0. The second-order valence-corrected chi connectivity index (χ2v) is 2.73. The molecule has 0 aromatic rings. The van der Waals surface area contributed by atoms with Gasteiger partial charge in [-0.3, -0.25) is 0 Å². The summed E-state index contributed by atoms with van der Waals surface area (Å²) < 4.78 is 0.875. The highest BCUT2D eigenvalue weighted by Gasteiger charge is 1.41. The summed E-state index contributed by atoms with van der Waals surface area (Å²) in [5, 5.41) is 0. The molecule has 0 aromatic carbocycles. The fourth-order valence-corrected chi connectivity index (χ4v) is 0. The van der Waals surface area contributed by atoms with E-state index in [1.165, 1.54) is 0 Å². The van der Waals surface area contributed by atoms with Gasteiger partial charge in [-0.05, 0) is 0 Å². The Bertz CT molecular complexity index is 6.00. The Morgan fingerprint density at radius 1 is 1.25 bits per heavy atom. The average molecular weight is 210 g/mol. The molecule has 4 heavy (non-hydrogen) atoms. The second-order valence-electron chi connectivity index (χ2n) is 0.101.